The van der Waals surface area contributed by atoms with E-state index in [0.717, 1.165) is 5.56 Å². The zero-order chi connectivity index (χ0) is 15.1. The van der Waals surface area contributed by atoms with E-state index in [4.69, 9.17) is 15.0 Å². The number of pyridine rings is 1. The van der Waals surface area contributed by atoms with Crippen LogP contribution in [0.15, 0.2) is 12.4 Å². The van der Waals surface area contributed by atoms with Crippen LogP contribution in [0.5, 0.6) is 0 Å². The zero-order valence-corrected chi connectivity index (χ0v) is 12.7. The number of rotatable bonds is 3. The highest BCUT2D eigenvalue weighted by atomic mass is 19.1. The van der Waals surface area contributed by atoms with E-state index in [9.17, 15) is 4.39 Å². The number of nitrogens with two attached hydrogens (primary N) is 1. The van der Waals surface area contributed by atoms with Gasteiger partial charge in [0.15, 0.2) is 0 Å². The zero-order valence-electron chi connectivity index (χ0n) is 12.7. The Labute approximate surface area is 120 Å². The van der Waals surface area contributed by atoms with Gasteiger partial charge in [0, 0.05) is 17.7 Å². The molecule has 1 fully saturated rings. The molecule has 2 N–H and O–H groups in total. The van der Waals surface area contributed by atoms with Crippen LogP contribution in [0.1, 0.15) is 40.2 Å². The van der Waals surface area contributed by atoms with Crippen LogP contribution in [0.3, 0.4) is 0 Å². The maximum absolute atomic E-state index is 14.2. The normalized spacial score (nSPS) is 22.1. The summed E-state index contributed by atoms with van der Waals surface area (Å²) >= 11 is 0. The van der Waals surface area contributed by atoms with Crippen LogP contribution < -0.4 is 11.2 Å². The predicted molar refractivity (Wildman–Crippen MR) is 77.3 cm³/mol. The molecule has 0 aliphatic carbocycles. The summed E-state index contributed by atoms with van der Waals surface area (Å²) < 4.78 is 26.0. The van der Waals surface area contributed by atoms with Gasteiger partial charge in [-0.15, -0.1) is 0 Å². The molecule has 2 heterocycles. The molecule has 1 aromatic rings. The Hall–Kier alpha value is -0.975. The summed E-state index contributed by atoms with van der Waals surface area (Å²) in [4.78, 5) is 3.90. The molecule has 0 amide bonds. The van der Waals surface area contributed by atoms with Crippen LogP contribution in [0.25, 0.3) is 0 Å². The van der Waals surface area contributed by atoms with E-state index in [1.807, 2.05) is 34.6 Å². The van der Waals surface area contributed by atoms with Crippen molar-refractivity contribution >= 4 is 12.6 Å². The molecule has 20 heavy (non-hydrogen) atoms. The summed E-state index contributed by atoms with van der Waals surface area (Å²) in [6, 6.07) is -0.0835. The lowest BCUT2D eigenvalue weighted by Gasteiger charge is -2.32. The average Bonchev–Trinajstić information content (AvgIpc) is 2.46. The van der Waals surface area contributed by atoms with Gasteiger partial charge in [0.25, 0.3) is 0 Å². The average molecular weight is 280 g/mol. The molecule has 1 aliphatic heterocycles. The van der Waals surface area contributed by atoms with Crippen molar-refractivity contribution in [1.29, 1.82) is 0 Å². The SMILES string of the molecule is CC(N)Cc1cncc(F)c1B1OC(C)(C)C(C)(C)O1. The van der Waals surface area contributed by atoms with Crippen molar-refractivity contribution in [3.8, 4) is 0 Å². The maximum Gasteiger partial charge on any atom is 0.498 e. The van der Waals surface area contributed by atoms with Gasteiger partial charge in [-0.1, -0.05) is 0 Å². The van der Waals surface area contributed by atoms with Crippen molar-refractivity contribution < 1.29 is 13.7 Å². The third-order valence-corrected chi connectivity index (χ3v) is 4.05. The summed E-state index contributed by atoms with van der Waals surface area (Å²) in [7, 11) is -0.725. The molecule has 0 radical (unpaired) electrons. The van der Waals surface area contributed by atoms with Crippen LogP contribution >= 0.6 is 0 Å². The van der Waals surface area contributed by atoms with Crippen molar-refractivity contribution in [2.75, 3.05) is 0 Å². The molecule has 1 unspecified atom stereocenters. The van der Waals surface area contributed by atoms with E-state index in [1.54, 1.807) is 6.20 Å². The fraction of sp³-hybridized carbons (Fsp3) is 0.643. The van der Waals surface area contributed by atoms with Gasteiger partial charge in [0.1, 0.15) is 5.82 Å². The molecule has 0 spiro atoms. The van der Waals surface area contributed by atoms with Gasteiger partial charge in [-0.2, -0.15) is 0 Å². The third-order valence-electron chi connectivity index (χ3n) is 4.05. The molecule has 0 saturated carbocycles. The molecule has 2 rings (SSSR count). The van der Waals surface area contributed by atoms with Crippen LogP contribution in [-0.2, 0) is 15.7 Å². The molecule has 1 atom stereocenters. The van der Waals surface area contributed by atoms with Crippen LogP contribution in [-0.4, -0.2) is 29.3 Å². The van der Waals surface area contributed by atoms with Gasteiger partial charge in [-0.05, 0) is 46.6 Å². The van der Waals surface area contributed by atoms with Crippen LogP contribution in [0.4, 0.5) is 4.39 Å². The lowest BCUT2D eigenvalue weighted by atomic mass is 9.75. The van der Waals surface area contributed by atoms with E-state index >= 15 is 0 Å². The van der Waals surface area contributed by atoms with Gasteiger partial charge in [-0.25, -0.2) is 4.39 Å². The summed E-state index contributed by atoms with van der Waals surface area (Å²) in [6.45, 7) is 9.64. The Kier molecular flexibility index (Phi) is 3.93. The number of nitrogens with zero attached hydrogens (tertiary/aromatic N) is 1. The van der Waals surface area contributed by atoms with E-state index < -0.39 is 24.1 Å². The van der Waals surface area contributed by atoms with Gasteiger partial charge in [-0.3, -0.25) is 4.98 Å². The maximum atomic E-state index is 14.2. The first kappa shape index (κ1) is 15.4. The van der Waals surface area contributed by atoms with E-state index in [1.165, 1.54) is 6.20 Å². The Balaban J connectivity index is 2.39. The van der Waals surface area contributed by atoms with Gasteiger partial charge >= 0.3 is 7.12 Å². The molecule has 4 nitrogen and oxygen atoms in total. The predicted octanol–water partition coefficient (Wildman–Crippen LogP) is 1.41. The molecule has 0 aromatic carbocycles. The lowest BCUT2D eigenvalue weighted by Crippen LogP contribution is -2.41. The smallest absolute Gasteiger partial charge is 0.399 e. The van der Waals surface area contributed by atoms with Gasteiger partial charge in [0.2, 0.25) is 0 Å². The van der Waals surface area contributed by atoms with Crippen molar-refractivity contribution in [1.82, 2.24) is 4.98 Å². The standard InChI is InChI=1S/C14H22BFN2O2/c1-9(17)6-10-7-18-8-11(16)12(10)15-19-13(2,3)14(4,5)20-15/h7-9H,6,17H2,1-5H3. The number of hydrogen-bond acceptors (Lipinski definition) is 4. The Morgan fingerprint density at radius 1 is 1.25 bits per heavy atom. The number of aromatic nitrogens is 1. The second kappa shape index (κ2) is 5.09. The molecule has 1 saturated heterocycles. The highest BCUT2D eigenvalue weighted by molar-refractivity contribution is 6.62. The van der Waals surface area contributed by atoms with Crippen LogP contribution in [0, 0.1) is 5.82 Å². The van der Waals surface area contributed by atoms with Gasteiger partial charge < -0.3 is 15.0 Å². The van der Waals surface area contributed by atoms with Crippen molar-refractivity contribution in [2.24, 2.45) is 5.73 Å². The second-order valence-electron chi connectivity index (χ2n) is 6.46. The Bertz CT molecular complexity index is 490. The molecular weight excluding hydrogens is 258 g/mol. The van der Waals surface area contributed by atoms with E-state index in [0.29, 0.717) is 11.9 Å². The van der Waals surface area contributed by atoms with Crippen molar-refractivity contribution in [3.63, 3.8) is 0 Å². The first-order valence-corrected chi connectivity index (χ1v) is 6.87. The molecule has 6 heteroatoms. The van der Waals surface area contributed by atoms with E-state index in [-0.39, 0.29) is 6.04 Å². The van der Waals surface area contributed by atoms with E-state index in [2.05, 4.69) is 4.98 Å². The minimum absolute atomic E-state index is 0.0835. The van der Waals surface area contributed by atoms with Crippen LogP contribution in [0.2, 0.25) is 0 Å². The summed E-state index contributed by atoms with van der Waals surface area (Å²) in [5.41, 5.74) is 5.96. The minimum Gasteiger partial charge on any atom is -0.399 e. The summed E-state index contributed by atoms with van der Waals surface area (Å²) in [5.74, 6) is -0.415. The second-order valence-corrected chi connectivity index (χ2v) is 6.46. The molecular formula is C14H22BFN2O2. The number of hydrogen-bond donors (Lipinski definition) is 1. The monoisotopic (exact) mass is 280 g/mol. The quantitative estimate of drug-likeness (QED) is 0.850. The Morgan fingerprint density at radius 3 is 2.30 bits per heavy atom. The van der Waals surface area contributed by atoms with Crippen molar-refractivity contribution in [2.45, 2.75) is 58.3 Å². The highest BCUT2D eigenvalue weighted by Crippen LogP contribution is 2.36. The summed E-state index contributed by atoms with van der Waals surface area (Å²) in [5, 5.41) is 0. The molecule has 110 valence electrons. The first-order valence-electron chi connectivity index (χ1n) is 6.87. The third kappa shape index (κ3) is 2.73. The topological polar surface area (TPSA) is 57.4 Å². The lowest BCUT2D eigenvalue weighted by molar-refractivity contribution is 0.00578. The fourth-order valence-corrected chi connectivity index (χ4v) is 2.22. The van der Waals surface area contributed by atoms with Gasteiger partial charge in [0.05, 0.1) is 17.4 Å². The Morgan fingerprint density at radius 2 is 1.80 bits per heavy atom. The first-order chi connectivity index (χ1) is 9.14. The minimum atomic E-state index is -0.725. The summed E-state index contributed by atoms with van der Waals surface area (Å²) in [6.07, 6.45) is 3.35. The number of halogens is 1. The fourth-order valence-electron chi connectivity index (χ4n) is 2.22. The largest absolute Gasteiger partial charge is 0.498 e. The molecule has 1 aromatic heterocycles. The highest BCUT2D eigenvalue weighted by Gasteiger charge is 2.53. The molecule has 1 aliphatic rings. The molecule has 0 bridgehead atoms. The van der Waals surface area contributed by atoms with Crippen molar-refractivity contribution in [3.05, 3.63) is 23.8 Å².